The highest BCUT2D eigenvalue weighted by molar-refractivity contribution is 5.93. The zero-order valence-corrected chi connectivity index (χ0v) is 14.2. The fourth-order valence-corrected chi connectivity index (χ4v) is 2.97. The van der Waals surface area contributed by atoms with Crippen LogP contribution in [0.2, 0.25) is 0 Å². The molecule has 0 spiro atoms. The van der Waals surface area contributed by atoms with E-state index in [1.165, 1.54) is 0 Å². The molecule has 1 aliphatic heterocycles. The Balaban J connectivity index is 1.56. The molecular formula is C17H24N6O. The van der Waals surface area contributed by atoms with E-state index in [-0.39, 0.29) is 5.91 Å². The number of carbonyl (C=O) groups is 1. The minimum atomic E-state index is 0.0569. The Labute approximate surface area is 142 Å². The number of carbonyl (C=O) groups excluding carboxylic acids is 1. The van der Waals surface area contributed by atoms with Gasteiger partial charge in [0, 0.05) is 39.4 Å². The minimum absolute atomic E-state index is 0.0569. The molecule has 0 bridgehead atoms. The highest BCUT2D eigenvalue weighted by Gasteiger charge is 2.22. The number of likely N-dealkylation sites (tertiary alicyclic amines) is 1. The van der Waals surface area contributed by atoms with Crippen molar-refractivity contribution in [1.29, 1.82) is 0 Å². The number of aromatic amines is 1. The fourth-order valence-electron chi connectivity index (χ4n) is 2.97. The summed E-state index contributed by atoms with van der Waals surface area (Å²) in [5.74, 6) is 1.000. The molecule has 1 atom stereocenters. The van der Waals surface area contributed by atoms with E-state index in [2.05, 4.69) is 26.6 Å². The number of rotatable bonds is 4. The predicted octanol–water partition coefficient (Wildman–Crippen LogP) is 1.98. The van der Waals surface area contributed by atoms with E-state index in [4.69, 9.17) is 0 Å². The van der Waals surface area contributed by atoms with Gasteiger partial charge in [-0.05, 0) is 31.4 Å². The van der Waals surface area contributed by atoms with E-state index in [1.54, 1.807) is 12.4 Å². The van der Waals surface area contributed by atoms with Gasteiger partial charge in [-0.15, -0.1) is 0 Å². The number of nitrogens with one attached hydrogen (secondary N) is 2. The molecule has 1 aliphatic rings. The second kappa shape index (κ2) is 7.33. The zero-order valence-electron chi connectivity index (χ0n) is 14.2. The van der Waals surface area contributed by atoms with Gasteiger partial charge in [0.05, 0.1) is 23.6 Å². The van der Waals surface area contributed by atoms with Crippen LogP contribution in [0.3, 0.4) is 0 Å². The first kappa shape index (κ1) is 16.3. The van der Waals surface area contributed by atoms with Crippen LogP contribution in [0.25, 0.3) is 0 Å². The quantitative estimate of drug-likeness (QED) is 0.897. The molecule has 0 aromatic carbocycles. The largest absolute Gasteiger partial charge is 0.381 e. The zero-order chi connectivity index (χ0) is 16.9. The van der Waals surface area contributed by atoms with Gasteiger partial charge in [-0.1, -0.05) is 0 Å². The molecule has 2 N–H and O–H groups in total. The maximum atomic E-state index is 12.4. The number of amides is 1. The number of hydrogen-bond acceptors (Lipinski definition) is 5. The van der Waals surface area contributed by atoms with Gasteiger partial charge in [-0.3, -0.25) is 9.89 Å². The lowest BCUT2D eigenvalue weighted by molar-refractivity contribution is 0.0761. The molecule has 0 aliphatic carbocycles. The summed E-state index contributed by atoms with van der Waals surface area (Å²) in [6.07, 6.45) is 8.07. The van der Waals surface area contributed by atoms with Crippen LogP contribution in [0.15, 0.2) is 30.7 Å². The number of aromatic nitrogens is 3. The monoisotopic (exact) mass is 328 g/mol. The summed E-state index contributed by atoms with van der Waals surface area (Å²) < 4.78 is 0. The van der Waals surface area contributed by atoms with Crippen molar-refractivity contribution in [3.63, 3.8) is 0 Å². The average Bonchev–Trinajstić information content (AvgIpc) is 3.02. The standard InChI is InChI=1S/C17H24N6O/c1-22(2)16-6-5-15(12-18-16)21-14-4-3-8-23(9-7-14)17(24)13-10-19-20-11-13/h5-6,10-12,14,21H,3-4,7-9H2,1-2H3,(H,19,20)/t14-/m0/s1. The molecule has 1 fully saturated rings. The predicted molar refractivity (Wildman–Crippen MR) is 94.3 cm³/mol. The van der Waals surface area contributed by atoms with Crippen LogP contribution >= 0.6 is 0 Å². The van der Waals surface area contributed by atoms with E-state index in [1.807, 2.05) is 36.2 Å². The molecule has 24 heavy (non-hydrogen) atoms. The van der Waals surface area contributed by atoms with E-state index >= 15 is 0 Å². The Hall–Kier alpha value is -2.57. The molecule has 7 nitrogen and oxygen atoms in total. The summed E-state index contributed by atoms with van der Waals surface area (Å²) >= 11 is 0. The van der Waals surface area contributed by atoms with E-state index in [0.717, 1.165) is 43.9 Å². The van der Waals surface area contributed by atoms with Crippen molar-refractivity contribution in [2.75, 3.05) is 37.4 Å². The van der Waals surface area contributed by atoms with Crippen molar-refractivity contribution < 1.29 is 4.79 Å². The highest BCUT2D eigenvalue weighted by atomic mass is 16.2. The smallest absolute Gasteiger partial charge is 0.257 e. The highest BCUT2D eigenvalue weighted by Crippen LogP contribution is 2.19. The Bertz CT molecular complexity index is 652. The van der Waals surface area contributed by atoms with Gasteiger partial charge >= 0.3 is 0 Å². The Kier molecular flexibility index (Phi) is 4.98. The molecule has 0 unspecified atom stereocenters. The first-order chi connectivity index (χ1) is 11.6. The molecule has 1 saturated heterocycles. The summed E-state index contributed by atoms with van der Waals surface area (Å²) in [6, 6.07) is 4.43. The third-order valence-corrected chi connectivity index (χ3v) is 4.34. The van der Waals surface area contributed by atoms with E-state index in [0.29, 0.717) is 11.6 Å². The lowest BCUT2D eigenvalue weighted by atomic mass is 10.1. The lowest BCUT2D eigenvalue weighted by Crippen LogP contribution is -2.32. The van der Waals surface area contributed by atoms with Crippen molar-refractivity contribution in [1.82, 2.24) is 20.1 Å². The van der Waals surface area contributed by atoms with Gasteiger partial charge in [0.2, 0.25) is 0 Å². The summed E-state index contributed by atoms with van der Waals surface area (Å²) in [6.45, 7) is 1.55. The van der Waals surface area contributed by atoms with Gasteiger partial charge in [0.15, 0.2) is 0 Å². The molecule has 128 valence electrons. The van der Waals surface area contributed by atoms with Crippen LogP contribution in [-0.4, -0.2) is 59.2 Å². The van der Waals surface area contributed by atoms with Crippen LogP contribution in [0, 0.1) is 0 Å². The topological polar surface area (TPSA) is 77.1 Å². The number of pyridine rings is 1. The van der Waals surface area contributed by atoms with Crippen molar-refractivity contribution >= 4 is 17.4 Å². The average molecular weight is 328 g/mol. The number of nitrogens with zero attached hydrogens (tertiary/aromatic N) is 4. The van der Waals surface area contributed by atoms with Gasteiger partial charge < -0.3 is 15.1 Å². The van der Waals surface area contributed by atoms with E-state index in [9.17, 15) is 4.79 Å². The van der Waals surface area contributed by atoms with Crippen molar-refractivity contribution in [3.8, 4) is 0 Å². The lowest BCUT2D eigenvalue weighted by Gasteiger charge is -2.20. The van der Waals surface area contributed by atoms with Crippen LogP contribution in [0.4, 0.5) is 11.5 Å². The first-order valence-electron chi connectivity index (χ1n) is 8.31. The molecule has 2 aromatic rings. The van der Waals surface area contributed by atoms with Crippen LogP contribution in [0.5, 0.6) is 0 Å². The maximum Gasteiger partial charge on any atom is 0.257 e. The first-order valence-corrected chi connectivity index (χ1v) is 8.31. The molecule has 7 heteroatoms. The Morgan fingerprint density at radius 2 is 2.17 bits per heavy atom. The van der Waals surface area contributed by atoms with Crippen molar-refractivity contribution in [2.24, 2.45) is 0 Å². The molecule has 3 heterocycles. The van der Waals surface area contributed by atoms with Gasteiger partial charge in [0.25, 0.3) is 5.91 Å². The summed E-state index contributed by atoms with van der Waals surface area (Å²) in [5, 5.41) is 10.1. The summed E-state index contributed by atoms with van der Waals surface area (Å²) in [5.41, 5.74) is 1.66. The van der Waals surface area contributed by atoms with E-state index < -0.39 is 0 Å². The summed E-state index contributed by atoms with van der Waals surface area (Å²) in [7, 11) is 3.96. The second-order valence-corrected chi connectivity index (χ2v) is 6.35. The molecular weight excluding hydrogens is 304 g/mol. The van der Waals surface area contributed by atoms with Gasteiger partial charge in [-0.25, -0.2) is 4.98 Å². The van der Waals surface area contributed by atoms with Crippen molar-refractivity contribution in [3.05, 3.63) is 36.3 Å². The molecule has 0 saturated carbocycles. The summed E-state index contributed by atoms with van der Waals surface area (Å²) in [4.78, 5) is 20.7. The normalized spacial score (nSPS) is 18.1. The van der Waals surface area contributed by atoms with Crippen LogP contribution in [0.1, 0.15) is 29.6 Å². The fraction of sp³-hybridized carbons (Fsp3) is 0.471. The Morgan fingerprint density at radius 3 is 2.83 bits per heavy atom. The Morgan fingerprint density at radius 1 is 1.29 bits per heavy atom. The third kappa shape index (κ3) is 3.84. The second-order valence-electron chi connectivity index (χ2n) is 6.35. The third-order valence-electron chi connectivity index (χ3n) is 4.34. The van der Waals surface area contributed by atoms with Gasteiger partial charge in [-0.2, -0.15) is 5.10 Å². The molecule has 1 amide bonds. The van der Waals surface area contributed by atoms with Gasteiger partial charge in [0.1, 0.15) is 5.82 Å². The number of anilines is 2. The maximum absolute atomic E-state index is 12.4. The number of hydrogen-bond donors (Lipinski definition) is 2. The van der Waals surface area contributed by atoms with Crippen LogP contribution < -0.4 is 10.2 Å². The number of H-pyrrole nitrogens is 1. The minimum Gasteiger partial charge on any atom is -0.381 e. The van der Waals surface area contributed by atoms with Crippen LogP contribution in [-0.2, 0) is 0 Å². The molecule has 2 aromatic heterocycles. The van der Waals surface area contributed by atoms with Crippen molar-refractivity contribution in [2.45, 2.75) is 25.3 Å². The SMILES string of the molecule is CN(C)c1ccc(N[C@H]2CCCN(C(=O)c3cn[nH]c3)CC2)cn1. The molecule has 3 rings (SSSR count). The molecule has 0 radical (unpaired) electrons.